The molecule has 8 nitrogen and oxygen atoms in total. The van der Waals surface area contributed by atoms with Crippen molar-refractivity contribution >= 4 is 5.97 Å². The average molecular weight is 331 g/mol. The smallest absolute Gasteiger partial charge is 0.338 e. The summed E-state index contributed by atoms with van der Waals surface area (Å²) in [6, 6.07) is 9.39. The fourth-order valence-corrected chi connectivity index (χ4v) is 2.61. The van der Waals surface area contributed by atoms with Crippen LogP contribution in [0.15, 0.2) is 52.2 Å². The van der Waals surface area contributed by atoms with Crippen LogP contribution in [0.3, 0.4) is 0 Å². The molecule has 1 unspecified atom stereocenters. The summed E-state index contributed by atoms with van der Waals surface area (Å²) in [6.45, 7) is 0.0377. The van der Waals surface area contributed by atoms with Gasteiger partial charge in [0.25, 0.3) is 5.56 Å². The second-order valence-electron chi connectivity index (χ2n) is 5.53. The van der Waals surface area contributed by atoms with Crippen LogP contribution in [-0.2, 0) is 9.47 Å². The van der Waals surface area contributed by atoms with E-state index in [1.807, 2.05) is 6.07 Å². The number of esters is 1. The van der Waals surface area contributed by atoms with Gasteiger partial charge in [-0.2, -0.15) is 0 Å². The number of carbonyl (C=O) groups is 1. The molecule has 0 aliphatic carbocycles. The van der Waals surface area contributed by atoms with Crippen molar-refractivity contribution in [2.75, 3.05) is 6.61 Å². The number of benzene rings is 1. The van der Waals surface area contributed by atoms with Gasteiger partial charge in [0.15, 0.2) is 6.23 Å². The van der Waals surface area contributed by atoms with Gasteiger partial charge in [0, 0.05) is 12.3 Å². The number of nitrogens with one attached hydrogen (secondary N) is 1. The number of ether oxygens (including phenoxy) is 2. The second-order valence-corrected chi connectivity index (χ2v) is 5.53. The molecule has 1 saturated heterocycles. The summed E-state index contributed by atoms with van der Waals surface area (Å²) < 4.78 is 12.2. The Morgan fingerprint density at radius 2 is 2.04 bits per heavy atom. The number of nitrogens with two attached hydrogens (primary N) is 1. The number of nitrogens with zero attached hydrogens (tertiary/aromatic N) is 1. The lowest BCUT2D eigenvalue weighted by molar-refractivity contribution is -0.0365. The van der Waals surface area contributed by atoms with Crippen LogP contribution in [0.4, 0.5) is 0 Å². The molecule has 1 aromatic carbocycles. The van der Waals surface area contributed by atoms with Crippen molar-refractivity contribution in [1.29, 1.82) is 0 Å². The summed E-state index contributed by atoms with van der Waals surface area (Å²) in [5, 5.41) is 0. The van der Waals surface area contributed by atoms with Gasteiger partial charge in [0.1, 0.15) is 6.61 Å². The van der Waals surface area contributed by atoms with Gasteiger partial charge in [-0.3, -0.25) is 14.3 Å². The van der Waals surface area contributed by atoms with E-state index in [0.29, 0.717) is 12.0 Å². The first-order chi connectivity index (χ1) is 11.5. The van der Waals surface area contributed by atoms with E-state index in [1.54, 1.807) is 24.3 Å². The summed E-state index contributed by atoms with van der Waals surface area (Å²) >= 11 is 0. The van der Waals surface area contributed by atoms with E-state index >= 15 is 0 Å². The van der Waals surface area contributed by atoms with Crippen molar-refractivity contribution in [3.8, 4) is 0 Å². The lowest BCUT2D eigenvalue weighted by atomic mass is 10.1. The van der Waals surface area contributed by atoms with E-state index in [9.17, 15) is 14.4 Å². The molecule has 24 heavy (non-hydrogen) atoms. The van der Waals surface area contributed by atoms with Crippen LogP contribution in [0.2, 0.25) is 0 Å². The van der Waals surface area contributed by atoms with Gasteiger partial charge in [-0.25, -0.2) is 9.59 Å². The first kappa shape index (κ1) is 16.2. The summed E-state index contributed by atoms with van der Waals surface area (Å²) in [7, 11) is 0. The maximum Gasteiger partial charge on any atom is 0.338 e. The van der Waals surface area contributed by atoms with Crippen LogP contribution in [0.5, 0.6) is 0 Å². The zero-order valence-corrected chi connectivity index (χ0v) is 12.8. The summed E-state index contributed by atoms with van der Waals surface area (Å²) in [5.41, 5.74) is 5.38. The van der Waals surface area contributed by atoms with E-state index in [4.69, 9.17) is 15.2 Å². The zero-order valence-electron chi connectivity index (χ0n) is 12.8. The third kappa shape index (κ3) is 3.44. The van der Waals surface area contributed by atoms with Crippen LogP contribution < -0.4 is 17.0 Å². The molecule has 126 valence electrons. The maximum atomic E-state index is 11.9. The molecule has 3 rings (SSSR count). The highest BCUT2D eigenvalue weighted by atomic mass is 16.6. The molecule has 0 bridgehead atoms. The molecule has 2 heterocycles. The molecule has 1 aliphatic rings. The van der Waals surface area contributed by atoms with E-state index < -0.39 is 35.6 Å². The third-order valence-electron chi connectivity index (χ3n) is 3.77. The second kappa shape index (κ2) is 6.81. The standard InChI is InChI=1S/C16H17N3O5/c17-12-8-11(9-23-15(21)10-4-2-1-3-5-10)24-14(12)19-7-6-13(20)18-16(19)22/h1-7,11-12,14H,8-9,17H2,(H,18,20,22)/t11-,12-,14?/m0/s1. The van der Waals surface area contributed by atoms with E-state index in [2.05, 4.69) is 4.98 Å². The number of hydrogen-bond acceptors (Lipinski definition) is 6. The molecule has 1 aliphatic heterocycles. The van der Waals surface area contributed by atoms with E-state index in [-0.39, 0.29) is 6.61 Å². The van der Waals surface area contributed by atoms with Crippen molar-refractivity contribution < 1.29 is 14.3 Å². The number of aromatic nitrogens is 2. The van der Waals surface area contributed by atoms with Crippen LogP contribution in [0, 0.1) is 0 Å². The third-order valence-corrected chi connectivity index (χ3v) is 3.77. The van der Waals surface area contributed by atoms with Crippen molar-refractivity contribution in [1.82, 2.24) is 9.55 Å². The van der Waals surface area contributed by atoms with Gasteiger partial charge < -0.3 is 15.2 Å². The van der Waals surface area contributed by atoms with Crippen molar-refractivity contribution in [3.63, 3.8) is 0 Å². The van der Waals surface area contributed by atoms with Gasteiger partial charge in [-0.1, -0.05) is 18.2 Å². The van der Waals surface area contributed by atoms with Crippen LogP contribution in [-0.4, -0.2) is 34.3 Å². The zero-order chi connectivity index (χ0) is 17.1. The largest absolute Gasteiger partial charge is 0.459 e. The predicted molar refractivity (Wildman–Crippen MR) is 84.5 cm³/mol. The molecule has 1 fully saturated rings. The highest BCUT2D eigenvalue weighted by Gasteiger charge is 2.35. The Balaban J connectivity index is 1.63. The molecule has 2 aromatic rings. The molecule has 0 saturated carbocycles. The average Bonchev–Trinajstić information content (AvgIpc) is 2.94. The number of hydrogen-bond donors (Lipinski definition) is 2. The van der Waals surface area contributed by atoms with Crippen molar-refractivity contribution in [3.05, 3.63) is 69.0 Å². The van der Waals surface area contributed by atoms with Crippen molar-refractivity contribution in [2.45, 2.75) is 24.8 Å². The highest BCUT2D eigenvalue weighted by Crippen LogP contribution is 2.26. The minimum Gasteiger partial charge on any atom is -0.459 e. The lowest BCUT2D eigenvalue weighted by Crippen LogP contribution is -2.37. The number of rotatable bonds is 4. The van der Waals surface area contributed by atoms with Crippen molar-refractivity contribution in [2.24, 2.45) is 5.73 Å². The number of aromatic amines is 1. The monoisotopic (exact) mass is 331 g/mol. The summed E-state index contributed by atoms with van der Waals surface area (Å²) in [5.74, 6) is -0.447. The molecule has 0 radical (unpaired) electrons. The van der Waals surface area contributed by atoms with Gasteiger partial charge in [-0.05, 0) is 18.6 Å². The molecule has 0 amide bonds. The van der Waals surface area contributed by atoms with Gasteiger partial charge >= 0.3 is 11.7 Å². The number of carbonyl (C=O) groups excluding carboxylic acids is 1. The molecule has 3 N–H and O–H groups in total. The van der Waals surface area contributed by atoms with Gasteiger partial charge in [0.2, 0.25) is 0 Å². The Morgan fingerprint density at radius 3 is 2.75 bits per heavy atom. The molecule has 1 aromatic heterocycles. The minimum atomic E-state index is -0.713. The Bertz CT molecular complexity index is 829. The SMILES string of the molecule is N[C@H]1C[C@@H](COC(=O)c2ccccc2)OC1n1ccc(=O)[nH]c1=O. The Morgan fingerprint density at radius 1 is 1.29 bits per heavy atom. The lowest BCUT2D eigenvalue weighted by Gasteiger charge is -2.17. The molecule has 8 heteroatoms. The first-order valence-electron chi connectivity index (χ1n) is 7.49. The topological polar surface area (TPSA) is 116 Å². The Kier molecular flexibility index (Phi) is 4.59. The minimum absolute atomic E-state index is 0.0377. The fraction of sp³-hybridized carbons (Fsp3) is 0.312. The normalized spacial score (nSPS) is 23.1. The van der Waals surface area contributed by atoms with Crippen LogP contribution >= 0.6 is 0 Å². The molecule has 3 atom stereocenters. The van der Waals surface area contributed by atoms with Crippen LogP contribution in [0.1, 0.15) is 23.0 Å². The maximum absolute atomic E-state index is 11.9. The van der Waals surface area contributed by atoms with Gasteiger partial charge in [-0.15, -0.1) is 0 Å². The molecular formula is C16H17N3O5. The van der Waals surface area contributed by atoms with E-state index in [1.165, 1.54) is 16.8 Å². The van der Waals surface area contributed by atoms with Crippen LogP contribution in [0.25, 0.3) is 0 Å². The molecular weight excluding hydrogens is 314 g/mol. The fourth-order valence-electron chi connectivity index (χ4n) is 2.61. The Labute approximate surface area is 136 Å². The first-order valence-corrected chi connectivity index (χ1v) is 7.49. The summed E-state index contributed by atoms with van der Waals surface area (Å²) in [4.78, 5) is 37.0. The summed E-state index contributed by atoms with van der Waals surface area (Å²) in [6.07, 6.45) is 0.633. The van der Waals surface area contributed by atoms with Gasteiger partial charge in [0.05, 0.1) is 17.7 Å². The molecule has 0 spiro atoms. The highest BCUT2D eigenvalue weighted by molar-refractivity contribution is 5.89. The predicted octanol–water partition coefficient (Wildman–Crippen LogP) is 0.00840. The van der Waals surface area contributed by atoms with E-state index in [0.717, 1.165) is 0 Å². The number of H-pyrrole nitrogens is 1. The quantitative estimate of drug-likeness (QED) is 0.762. The Hall–Kier alpha value is -2.71.